The third kappa shape index (κ3) is 3.22. The molecule has 5 nitrogen and oxygen atoms in total. The van der Waals surface area contributed by atoms with Crippen LogP contribution in [0.5, 0.6) is 0 Å². The summed E-state index contributed by atoms with van der Waals surface area (Å²) in [6.45, 7) is 8.90. The first kappa shape index (κ1) is 13.5. The van der Waals surface area contributed by atoms with E-state index in [9.17, 15) is 9.59 Å². The molecule has 0 bridgehead atoms. The summed E-state index contributed by atoms with van der Waals surface area (Å²) in [7, 11) is 0. The maximum absolute atomic E-state index is 12.1. The molecule has 0 radical (unpaired) electrons. The molecule has 5 heteroatoms. The van der Waals surface area contributed by atoms with Crippen molar-refractivity contribution in [2.45, 2.75) is 40.8 Å². The fourth-order valence-corrected chi connectivity index (χ4v) is 1.71. The second kappa shape index (κ2) is 5.21. The molecular formula is C12H21N3O2. The Morgan fingerprint density at radius 3 is 2.00 bits per heavy atom. The molecule has 0 aliphatic rings. The van der Waals surface area contributed by atoms with Crippen LogP contribution in [0.1, 0.15) is 27.7 Å². The Kier molecular flexibility index (Phi) is 4.15. The number of anilines is 1. The molecule has 0 aliphatic carbocycles. The molecule has 0 amide bonds. The number of rotatable bonds is 4. The molecule has 0 unspecified atom stereocenters. The molecule has 0 fully saturated rings. The average Bonchev–Trinajstić information content (AvgIpc) is 2.18. The summed E-state index contributed by atoms with van der Waals surface area (Å²) in [5, 5.41) is 0. The minimum atomic E-state index is -0.318. The van der Waals surface area contributed by atoms with Gasteiger partial charge in [0.1, 0.15) is 5.82 Å². The first-order valence-electron chi connectivity index (χ1n) is 5.93. The van der Waals surface area contributed by atoms with E-state index in [1.807, 2.05) is 27.7 Å². The highest BCUT2D eigenvalue weighted by Gasteiger charge is 2.11. The van der Waals surface area contributed by atoms with E-state index in [0.717, 1.165) is 0 Å². The third-order valence-electron chi connectivity index (χ3n) is 2.41. The molecule has 1 aromatic rings. The van der Waals surface area contributed by atoms with E-state index in [-0.39, 0.29) is 23.0 Å². The maximum atomic E-state index is 12.1. The Morgan fingerprint density at radius 2 is 1.53 bits per heavy atom. The zero-order chi connectivity index (χ0) is 13.2. The van der Waals surface area contributed by atoms with Crippen LogP contribution in [0.3, 0.4) is 0 Å². The van der Waals surface area contributed by atoms with Crippen LogP contribution in [0, 0.1) is 11.8 Å². The second-order valence-electron chi connectivity index (χ2n) is 5.20. The van der Waals surface area contributed by atoms with Gasteiger partial charge in [-0.3, -0.25) is 13.9 Å². The molecule has 2 N–H and O–H groups in total. The lowest BCUT2D eigenvalue weighted by molar-refractivity contribution is 0.445. The highest BCUT2D eigenvalue weighted by atomic mass is 16.2. The van der Waals surface area contributed by atoms with E-state index in [2.05, 4.69) is 0 Å². The molecule has 0 aliphatic heterocycles. The van der Waals surface area contributed by atoms with Crippen molar-refractivity contribution in [2.24, 2.45) is 11.8 Å². The van der Waals surface area contributed by atoms with Crippen molar-refractivity contribution >= 4 is 5.82 Å². The quantitative estimate of drug-likeness (QED) is 0.848. The lowest BCUT2D eigenvalue weighted by atomic mass is 10.2. The predicted molar refractivity (Wildman–Crippen MR) is 69.1 cm³/mol. The number of hydrogen-bond donors (Lipinski definition) is 1. The van der Waals surface area contributed by atoms with Gasteiger partial charge >= 0.3 is 5.69 Å². The van der Waals surface area contributed by atoms with E-state index in [4.69, 9.17) is 5.73 Å². The number of aromatic nitrogens is 2. The summed E-state index contributed by atoms with van der Waals surface area (Å²) < 4.78 is 2.72. The van der Waals surface area contributed by atoms with Crippen LogP contribution in [-0.2, 0) is 13.1 Å². The lowest BCUT2D eigenvalue weighted by Gasteiger charge is -2.15. The van der Waals surface area contributed by atoms with Crippen LogP contribution in [-0.4, -0.2) is 9.13 Å². The van der Waals surface area contributed by atoms with Gasteiger partial charge in [-0.15, -0.1) is 0 Å². The fraction of sp³-hybridized carbons (Fsp3) is 0.667. The normalized spacial score (nSPS) is 11.4. The number of nitrogens with two attached hydrogens (primary N) is 1. The maximum Gasteiger partial charge on any atom is 0.332 e. The molecule has 0 saturated carbocycles. The molecule has 96 valence electrons. The van der Waals surface area contributed by atoms with Crippen molar-refractivity contribution in [1.82, 2.24) is 9.13 Å². The van der Waals surface area contributed by atoms with Crippen LogP contribution < -0.4 is 17.0 Å². The van der Waals surface area contributed by atoms with Crippen molar-refractivity contribution in [3.63, 3.8) is 0 Å². The first-order valence-corrected chi connectivity index (χ1v) is 5.93. The van der Waals surface area contributed by atoms with Gasteiger partial charge in [0.15, 0.2) is 0 Å². The zero-order valence-corrected chi connectivity index (χ0v) is 10.9. The van der Waals surface area contributed by atoms with Gasteiger partial charge in [0, 0.05) is 19.2 Å². The number of nitrogen functional groups attached to an aromatic ring is 1. The van der Waals surface area contributed by atoms with E-state index in [1.54, 1.807) is 0 Å². The molecule has 1 rings (SSSR count). The first-order chi connectivity index (χ1) is 7.82. The van der Waals surface area contributed by atoms with E-state index in [0.29, 0.717) is 19.0 Å². The molecule has 0 aromatic carbocycles. The fourth-order valence-electron chi connectivity index (χ4n) is 1.71. The Morgan fingerprint density at radius 1 is 1.06 bits per heavy atom. The molecule has 0 saturated heterocycles. The number of hydrogen-bond acceptors (Lipinski definition) is 3. The minimum Gasteiger partial charge on any atom is -0.385 e. The van der Waals surface area contributed by atoms with Crippen LogP contribution >= 0.6 is 0 Å². The third-order valence-corrected chi connectivity index (χ3v) is 2.41. The van der Waals surface area contributed by atoms with Crippen molar-refractivity contribution in [2.75, 3.05) is 5.73 Å². The second-order valence-corrected chi connectivity index (χ2v) is 5.20. The van der Waals surface area contributed by atoms with E-state index in [1.165, 1.54) is 15.2 Å². The largest absolute Gasteiger partial charge is 0.385 e. The average molecular weight is 239 g/mol. The van der Waals surface area contributed by atoms with Gasteiger partial charge in [0.25, 0.3) is 5.56 Å². The SMILES string of the molecule is CC(C)Cn1c(N)cc(=O)n(CC(C)C)c1=O. The summed E-state index contributed by atoms with van der Waals surface area (Å²) in [5.74, 6) is 0.797. The lowest BCUT2D eigenvalue weighted by Crippen LogP contribution is -2.42. The Labute approximate surface area is 101 Å². The standard InChI is InChI=1S/C12H21N3O2/c1-8(2)6-14-10(13)5-11(16)15(12(14)17)7-9(3)4/h5,8-9H,6-7,13H2,1-4H3. The topological polar surface area (TPSA) is 70.0 Å². The van der Waals surface area contributed by atoms with E-state index >= 15 is 0 Å². The van der Waals surface area contributed by atoms with Gasteiger partial charge in [-0.1, -0.05) is 27.7 Å². The van der Waals surface area contributed by atoms with Crippen molar-refractivity contribution < 1.29 is 0 Å². The highest BCUT2D eigenvalue weighted by molar-refractivity contribution is 5.26. The highest BCUT2D eigenvalue weighted by Crippen LogP contribution is 2.02. The van der Waals surface area contributed by atoms with Crippen LogP contribution in [0.25, 0.3) is 0 Å². The van der Waals surface area contributed by atoms with Gasteiger partial charge in [-0.05, 0) is 11.8 Å². The summed E-state index contributed by atoms with van der Waals surface area (Å²) in [5.41, 5.74) is 5.09. The van der Waals surface area contributed by atoms with Gasteiger partial charge in [0.05, 0.1) is 0 Å². The van der Waals surface area contributed by atoms with Gasteiger partial charge in [-0.25, -0.2) is 4.79 Å². The van der Waals surface area contributed by atoms with Crippen LogP contribution in [0.4, 0.5) is 5.82 Å². The molecule has 1 heterocycles. The molecule has 0 atom stereocenters. The van der Waals surface area contributed by atoms with E-state index < -0.39 is 0 Å². The summed E-state index contributed by atoms with van der Waals surface area (Å²) in [4.78, 5) is 23.8. The predicted octanol–water partition coefficient (Wildman–Crippen LogP) is 0.904. The Balaban J connectivity index is 3.33. The monoisotopic (exact) mass is 239 g/mol. The Hall–Kier alpha value is -1.52. The molecule has 17 heavy (non-hydrogen) atoms. The van der Waals surface area contributed by atoms with Crippen molar-refractivity contribution in [3.05, 3.63) is 26.9 Å². The van der Waals surface area contributed by atoms with Crippen LogP contribution in [0.2, 0.25) is 0 Å². The summed E-state index contributed by atoms with van der Waals surface area (Å²) in [6, 6.07) is 1.33. The molecule has 1 aromatic heterocycles. The van der Waals surface area contributed by atoms with Gasteiger partial charge < -0.3 is 5.73 Å². The number of nitrogens with zero attached hydrogens (tertiary/aromatic N) is 2. The molecule has 0 spiro atoms. The zero-order valence-electron chi connectivity index (χ0n) is 10.9. The van der Waals surface area contributed by atoms with Crippen LogP contribution in [0.15, 0.2) is 15.7 Å². The van der Waals surface area contributed by atoms with Crippen molar-refractivity contribution in [3.8, 4) is 0 Å². The van der Waals surface area contributed by atoms with Crippen molar-refractivity contribution in [1.29, 1.82) is 0 Å². The molecular weight excluding hydrogens is 218 g/mol. The summed E-state index contributed by atoms with van der Waals surface area (Å²) >= 11 is 0. The Bertz CT molecular complexity index is 497. The minimum absolute atomic E-state index is 0.244. The van der Waals surface area contributed by atoms with Gasteiger partial charge in [0.2, 0.25) is 0 Å². The summed E-state index contributed by atoms with van der Waals surface area (Å²) in [6.07, 6.45) is 0. The smallest absolute Gasteiger partial charge is 0.332 e. The van der Waals surface area contributed by atoms with Gasteiger partial charge in [-0.2, -0.15) is 0 Å².